The number of aromatic nitrogens is 8. The largest absolute Gasteiger partial charge is 0.462 e. The van der Waals surface area contributed by atoms with Gasteiger partial charge in [-0.05, 0) is 244 Å². The highest BCUT2D eigenvalue weighted by atomic mass is 32.2. The summed E-state index contributed by atoms with van der Waals surface area (Å²) in [6.45, 7) is 27.8. The second kappa shape index (κ2) is 40.3. The molecule has 2 fully saturated rings. The van der Waals surface area contributed by atoms with E-state index in [9.17, 15) is 28.0 Å². The van der Waals surface area contributed by atoms with Gasteiger partial charge in [0.25, 0.3) is 0 Å². The molecule has 16 rings (SSSR count). The average Bonchev–Trinajstić information content (AvgIpc) is 1.41. The van der Waals surface area contributed by atoms with E-state index in [1.54, 1.807) is 60.7 Å². The number of rotatable bonds is 24. The van der Waals surface area contributed by atoms with Crippen LogP contribution < -0.4 is 19.6 Å². The number of furan rings is 2. The number of unbranched alkanes of at least 4 members (excludes halogenated alkanes) is 1. The number of carbonyl (C=O) groups is 4. The van der Waals surface area contributed by atoms with Crippen LogP contribution in [0.5, 0.6) is 0 Å². The third kappa shape index (κ3) is 21.2. The highest BCUT2D eigenvalue weighted by Crippen LogP contribution is 2.40. The molecular formula is C98H106F2N12O8S2. The van der Waals surface area contributed by atoms with E-state index in [-0.39, 0.29) is 51.8 Å². The van der Waals surface area contributed by atoms with Gasteiger partial charge in [-0.25, -0.2) is 58.2 Å². The van der Waals surface area contributed by atoms with Crippen LogP contribution in [-0.2, 0) is 9.47 Å². The smallest absolute Gasteiger partial charge is 0.338 e. The molecule has 2 aliphatic heterocycles. The minimum Gasteiger partial charge on any atom is -0.462 e. The lowest BCUT2D eigenvalue weighted by Crippen LogP contribution is -2.28. The Balaban J connectivity index is 0.000000140. The van der Waals surface area contributed by atoms with Crippen molar-refractivity contribution in [1.82, 2.24) is 39.9 Å². The second-order valence-electron chi connectivity index (χ2n) is 32.4. The van der Waals surface area contributed by atoms with Gasteiger partial charge in [-0.15, -0.1) is 0 Å². The normalized spacial score (nSPS) is 13.9. The zero-order valence-electron chi connectivity index (χ0n) is 71.9. The predicted octanol–water partition coefficient (Wildman–Crippen LogP) is 23.6. The molecule has 0 unspecified atom stereocenters. The summed E-state index contributed by atoms with van der Waals surface area (Å²) in [6.07, 6.45) is 8.27. The predicted molar refractivity (Wildman–Crippen MR) is 492 cm³/mol. The van der Waals surface area contributed by atoms with Gasteiger partial charge in [0.15, 0.2) is 34.8 Å². The molecule has 0 saturated carbocycles. The number of anilines is 4. The molecule has 2 aliphatic rings. The molecule has 2 saturated heterocycles. The third-order valence-electron chi connectivity index (χ3n) is 21.6. The van der Waals surface area contributed by atoms with Crippen LogP contribution in [0.3, 0.4) is 0 Å². The van der Waals surface area contributed by atoms with Crippen LogP contribution in [0.1, 0.15) is 176 Å². The maximum absolute atomic E-state index is 13.5. The quantitative estimate of drug-likeness (QED) is 0.0404. The molecular weight excluding hydrogens is 1580 g/mol. The Morgan fingerprint density at radius 1 is 0.451 bits per heavy atom. The SMILES string of the molecule is CC(C)CCSC(=O)c1ccc2nc(-c3cc4ccccc4o3)c(N(C)C(C)C)nc2c1.CC(C)COC(=O)c1ccc2nc(-c3ccc(F)cc3)c(N3CCC[C@@H]3C)nc2c1.CCCCSC(=O)c1ccc2nc(-c3cc4ccccc4o3)c(N(C)C(C)C)nc2c1.CCCOC(=O)c1ccc2nc(-c3ccc(F)cc3)c(N3CCC[C@@H]3C)nc2c1. The van der Waals surface area contributed by atoms with Gasteiger partial charge in [-0.2, -0.15) is 0 Å². The number of carbonyl (C=O) groups excluding carboxylic acids is 4. The lowest BCUT2D eigenvalue weighted by molar-refractivity contribution is 0.0457. The van der Waals surface area contributed by atoms with Gasteiger partial charge < -0.3 is 37.9 Å². The van der Waals surface area contributed by atoms with Crippen molar-refractivity contribution in [1.29, 1.82) is 0 Å². The van der Waals surface area contributed by atoms with Crippen LogP contribution in [0.4, 0.5) is 32.1 Å². The molecule has 8 aromatic carbocycles. The zero-order valence-corrected chi connectivity index (χ0v) is 73.5. The van der Waals surface area contributed by atoms with Gasteiger partial charge in [0.2, 0.25) is 10.2 Å². The second-order valence-corrected chi connectivity index (χ2v) is 34.6. The van der Waals surface area contributed by atoms with Crippen molar-refractivity contribution in [2.24, 2.45) is 11.8 Å². The number of fused-ring (bicyclic) bond motifs is 6. The van der Waals surface area contributed by atoms with Gasteiger partial charge in [-0.3, -0.25) is 9.59 Å². The molecule has 0 bridgehead atoms. The topological polar surface area (TPSA) is 229 Å². The number of para-hydroxylation sites is 2. The molecule has 0 amide bonds. The highest BCUT2D eigenvalue weighted by molar-refractivity contribution is 8.14. The summed E-state index contributed by atoms with van der Waals surface area (Å²) in [7, 11) is 4.01. The molecule has 0 spiro atoms. The van der Waals surface area contributed by atoms with Crippen molar-refractivity contribution in [2.75, 3.05) is 71.5 Å². The number of ether oxygens (including phenoxy) is 2. The fraction of sp³-hybridized carbons (Fsp3) is 0.347. The number of esters is 2. The summed E-state index contributed by atoms with van der Waals surface area (Å²) in [6, 6.07) is 55.3. The number of hydrogen-bond donors (Lipinski definition) is 0. The first kappa shape index (κ1) is 88.0. The fourth-order valence-electron chi connectivity index (χ4n) is 14.2. The lowest BCUT2D eigenvalue weighted by Gasteiger charge is -2.25. The molecule has 8 heterocycles. The van der Waals surface area contributed by atoms with E-state index in [4.69, 9.17) is 58.2 Å². The Morgan fingerprint density at radius 3 is 1.23 bits per heavy atom. The van der Waals surface area contributed by atoms with E-state index in [2.05, 4.69) is 81.9 Å². The van der Waals surface area contributed by atoms with Crippen molar-refractivity contribution >= 4 is 135 Å². The summed E-state index contributed by atoms with van der Waals surface area (Å²) in [5.41, 5.74) is 14.0. The number of thioether (sulfide) groups is 2. The van der Waals surface area contributed by atoms with Crippen LogP contribution >= 0.6 is 23.5 Å². The standard InChI is InChI=1S/C26H29N3O2S.C25H27N3O2S.C24H26FN3O2.C23H24FN3O2/c1-16(2)12-13-32-26(30)19-10-11-20-21(14-19)28-25(29(5)17(3)4)24(27-20)23-15-18-8-6-7-9-22(18)31-23;1-5-6-13-31-25(29)18-11-12-19-20(14-18)27-24(28(4)16(2)3)23(26-19)22-15-17-9-7-8-10-21(17)30-22;1-15(2)14-30-24(29)18-8-11-20-21(13-18)27-23(28-12-4-5-16(28)3)22(26-20)17-6-9-19(25)10-7-17;1-3-13-29-23(28)17-8-11-19-20(14-17)26-22(27-12-4-5-15(27)2)21(25-19)16-6-9-18(24)10-7-16/h6-11,14-17H,12-13H2,1-5H3;7-12,14-16H,5-6,13H2,1-4H3;6-11,13,15-16H,4-5,12,14H2,1-3H3;6-11,14-15H,3-5,12-13H2,1-2H3/t;;16-;15-/m..00/s1. The van der Waals surface area contributed by atoms with Crippen molar-refractivity contribution in [2.45, 2.75) is 159 Å². The monoisotopic (exact) mass is 1680 g/mol. The lowest BCUT2D eigenvalue weighted by atomic mass is 10.1. The molecule has 6 aromatic heterocycles. The Morgan fingerprint density at radius 2 is 0.844 bits per heavy atom. The molecule has 20 nitrogen and oxygen atoms in total. The van der Waals surface area contributed by atoms with Gasteiger partial charge in [-0.1, -0.05) is 108 Å². The molecule has 122 heavy (non-hydrogen) atoms. The van der Waals surface area contributed by atoms with Crippen LogP contribution in [0.2, 0.25) is 0 Å². The van der Waals surface area contributed by atoms with E-state index in [1.165, 1.54) is 47.8 Å². The molecule has 0 aliphatic carbocycles. The van der Waals surface area contributed by atoms with Crippen molar-refractivity contribution < 1.29 is 46.3 Å². The molecule has 14 aromatic rings. The van der Waals surface area contributed by atoms with Crippen molar-refractivity contribution in [3.05, 3.63) is 216 Å². The highest BCUT2D eigenvalue weighted by Gasteiger charge is 2.30. The molecule has 24 heteroatoms. The molecule has 0 N–H and O–H groups in total. The maximum Gasteiger partial charge on any atom is 0.338 e. The average molecular weight is 1680 g/mol. The summed E-state index contributed by atoms with van der Waals surface area (Å²) >= 11 is 2.74. The fourth-order valence-corrected chi connectivity index (χ4v) is 16.1. The molecule has 2 atom stereocenters. The van der Waals surface area contributed by atoms with E-state index < -0.39 is 0 Å². The van der Waals surface area contributed by atoms with Gasteiger partial charge >= 0.3 is 11.9 Å². The van der Waals surface area contributed by atoms with Crippen LogP contribution in [0.25, 0.3) is 111 Å². The summed E-state index contributed by atoms with van der Waals surface area (Å²) < 4.78 is 49.7. The number of halogens is 2. The van der Waals surface area contributed by atoms with E-state index in [1.807, 2.05) is 132 Å². The van der Waals surface area contributed by atoms with Crippen LogP contribution in [0.15, 0.2) is 191 Å². The van der Waals surface area contributed by atoms with Crippen molar-refractivity contribution in [3.8, 4) is 45.4 Å². The number of nitrogens with zero attached hydrogens (tertiary/aromatic N) is 12. The van der Waals surface area contributed by atoms with Gasteiger partial charge in [0, 0.05) is 95.9 Å². The maximum atomic E-state index is 13.5. The third-order valence-corrected chi connectivity index (χ3v) is 23.5. The van der Waals surface area contributed by atoms with E-state index in [0.717, 1.165) is 155 Å². The number of benzene rings is 8. The Kier molecular flexibility index (Phi) is 29.1. The summed E-state index contributed by atoms with van der Waals surface area (Å²) in [4.78, 5) is 97.7. The van der Waals surface area contributed by atoms with E-state index in [0.29, 0.717) is 109 Å². The minimum atomic E-state index is -0.355. The van der Waals surface area contributed by atoms with Crippen molar-refractivity contribution in [3.63, 3.8) is 0 Å². The first-order valence-electron chi connectivity index (χ1n) is 42.2. The Bertz CT molecular complexity index is 6000. The summed E-state index contributed by atoms with van der Waals surface area (Å²) in [5, 5.41) is 2.22. The summed E-state index contributed by atoms with van der Waals surface area (Å²) in [5.74, 6) is 5.65. The van der Waals surface area contributed by atoms with Gasteiger partial charge in [0.05, 0.1) is 68.5 Å². The number of hydrogen-bond acceptors (Lipinski definition) is 22. The Labute approximate surface area is 720 Å². The first-order chi connectivity index (χ1) is 58.8. The van der Waals surface area contributed by atoms with E-state index >= 15 is 0 Å². The first-order valence-corrected chi connectivity index (χ1v) is 44.2. The van der Waals surface area contributed by atoms with Crippen LogP contribution in [0, 0.1) is 23.5 Å². The minimum absolute atomic E-state index is 0.0782. The Hall–Kier alpha value is -11.8. The zero-order chi connectivity index (χ0) is 86.4. The van der Waals surface area contributed by atoms with Crippen LogP contribution in [-0.4, -0.2) is 138 Å². The van der Waals surface area contributed by atoms with Gasteiger partial charge in [0.1, 0.15) is 45.6 Å². The molecule has 632 valence electrons. The molecule has 0 radical (unpaired) electrons.